The molecule has 0 spiro atoms. The summed E-state index contributed by atoms with van der Waals surface area (Å²) in [6, 6.07) is 4.04. The van der Waals surface area contributed by atoms with Crippen LogP contribution in [0.3, 0.4) is 0 Å². The fourth-order valence-electron chi connectivity index (χ4n) is 1.34. The summed E-state index contributed by atoms with van der Waals surface area (Å²) < 4.78 is 5.02. The summed E-state index contributed by atoms with van der Waals surface area (Å²) >= 11 is 1.63. The molecule has 5 nitrogen and oxygen atoms in total. The van der Waals surface area contributed by atoms with E-state index in [1.54, 1.807) is 23.9 Å². The molecular formula is C12H18N2O3S. The minimum Gasteiger partial charge on any atom is -0.506 e. The van der Waals surface area contributed by atoms with Gasteiger partial charge in [-0.15, -0.1) is 0 Å². The van der Waals surface area contributed by atoms with E-state index in [-0.39, 0.29) is 11.7 Å². The SMILES string of the molecule is COc1ccc(O)c(NC(=O)[C@H](N)CCSC)c1. The van der Waals surface area contributed by atoms with Crippen LogP contribution in [0.25, 0.3) is 0 Å². The molecule has 100 valence electrons. The van der Waals surface area contributed by atoms with Crippen molar-refractivity contribution in [3.8, 4) is 11.5 Å². The van der Waals surface area contributed by atoms with Crippen molar-refractivity contribution >= 4 is 23.4 Å². The molecule has 0 aliphatic carbocycles. The maximum Gasteiger partial charge on any atom is 0.241 e. The summed E-state index contributed by atoms with van der Waals surface area (Å²) in [7, 11) is 1.52. The Balaban J connectivity index is 2.68. The number of rotatable bonds is 6. The molecule has 1 aromatic rings. The normalized spacial score (nSPS) is 11.9. The van der Waals surface area contributed by atoms with Crippen LogP contribution >= 0.6 is 11.8 Å². The lowest BCUT2D eigenvalue weighted by Gasteiger charge is -2.13. The molecule has 0 aromatic heterocycles. The first-order chi connectivity index (χ1) is 8.58. The molecule has 1 atom stereocenters. The highest BCUT2D eigenvalue weighted by molar-refractivity contribution is 7.98. The van der Waals surface area contributed by atoms with E-state index in [1.165, 1.54) is 13.2 Å². The number of anilines is 1. The number of nitrogens with one attached hydrogen (secondary N) is 1. The number of ether oxygens (including phenoxy) is 1. The Morgan fingerprint density at radius 1 is 1.61 bits per heavy atom. The number of nitrogens with two attached hydrogens (primary N) is 1. The molecule has 6 heteroatoms. The van der Waals surface area contributed by atoms with Gasteiger partial charge in [-0.3, -0.25) is 4.79 Å². The summed E-state index contributed by atoms with van der Waals surface area (Å²) in [4.78, 5) is 11.8. The Kier molecular flexibility index (Phi) is 5.80. The lowest BCUT2D eigenvalue weighted by molar-refractivity contribution is -0.117. The maximum absolute atomic E-state index is 11.8. The number of phenols is 1. The molecule has 1 amide bonds. The van der Waals surface area contributed by atoms with Crippen LogP contribution in [0.15, 0.2) is 18.2 Å². The number of carbonyl (C=O) groups is 1. The fraction of sp³-hybridized carbons (Fsp3) is 0.417. The van der Waals surface area contributed by atoms with Gasteiger partial charge in [0.05, 0.1) is 18.8 Å². The van der Waals surface area contributed by atoms with Crippen LogP contribution in [-0.4, -0.2) is 36.2 Å². The number of carbonyl (C=O) groups excluding carboxylic acids is 1. The van der Waals surface area contributed by atoms with Crippen molar-refractivity contribution < 1.29 is 14.6 Å². The zero-order valence-corrected chi connectivity index (χ0v) is 11.3. The van der Waals surface area contributed by atoms with E-state index < -0.39 is 6.04 Å². The van der Waals surface area contributed by atoms with Gasteiger partial charge in [-0.2, -0.15) is 11.8 Å². The van der Waals surface area contributed by atoms with Crippen molar-refractivity contribution in [2.45, 2.75) is 12.5 Å². The van der Waals surface area contributed by atoms with E-state index >= 15 is 0 Å². The number of benzene rings is 1. The molecule has 0 heterocycles. The van der Waals surface area contributed by atoms with Crippen LogP contribution < -0.4 is 15.8 Å². The minimum absolute atomic E-state index is 0.0128. The Morgan fingerprint density at radius 3 is 2.94 bits per heavy atom. The largest absolute Gasteiger partial charge is 0.506 e. The second-order valence-corrected chi connectivity index (χ2v) is 4.75. The Morgan fingerprint density at radius 2 is 2.33 bits per heavy atom. The van der Waals surface area contributed by atoms with Gasteiger partial charge in [0.25, 0.3) is 0 Å². The fourth-order valence-corrected chi connectivity index (χ4v) is 1.83. The van der Waals surface area contributed by atoms with E-state index in [0.29, 0.717) is 17.9 Å². The van der Waals surface area contributed by atoms with Gasteiger partial charge < -0.3 is 20.9 Å². The van der Waals surface area contributed by atoms with E-state index in [1.807, 2.05) is 6.26 Å². The highest BCUT2D eigenvalue weighted by atomic mass is 32.2. The highest BCUT2D eigenvalue weighted by Crippen LogP contribution is 2.27. The van der Waals surface area contributed by atoms with Crippen LogP contribution in [-0.2, 0) is 4.79 Å². The van der Waals surface area contributed by atoms with Gasteiger partial charge in [-0.05, 0) is 30.6 Å². The van der Waals surface area contributed by atoms with Crippen molar-refractivity contribution in [3.05, 3.63) is 18.2 Å². The van der Waals surface area contributed by atoms with Crippen LogP contribution in [0, 0.1) is 0 Å². The summed E-state index contributed by atoms with van der Waals surface area (Å²) in [6.45, 7) is 0. The second kappa shape index (κ2) is 7.13. The Bertz CT molecular complexity index is 412. The quantitative estimate of drug-likeness (QED) is 0.681. The van der Waals surface area contributed by atoms with Gasteiger partial charge in [-0.1, -0.05) is 0 Å². The minimum atomic E-state index is -0.581. The third kappa shape index (κ3) is 4.12. The first kappa shape index (κ1) is 14.7. The second-order valence-electron chi connectivity index (χ2n) is 3.76. The summed E-state index contributed by atoms with van der Waals surface area (Å²) in [5, 5.41) is 12.2. The van der Waals surface area contributed by atoms with Crippen molar-refractivity contribution in [1.82, 2.24) is 0 Å². The molecule has 4 N–H and O–H groups in total. The number of hydrogen-bond acceptors (Lipinski definition) is 5. The monoisotopic (exact) mass is 270 g/mol. The number of amides is 1. The van der Waals surface area contributed by atoms with Crippen molar-refractivity contribution in [2.24, 2.45) is 5.73 Å². The molecule has 0 saturated carbocycles. The number of hydrogen-bond donors (Lipinski definition) is 3. The molecule has 1 rings (SSSR count). The number of thioether (sulfide) groups is 1. The Labute approximate surface area is 111 Å². The molecule has 0 saturated heterocycles. The van der Waals surface area contributed by atoms with Crippen LogP contribution in [0.4, 0.5) is 5.69 Å². The third-order valence-corrected chi connectivity index (χ3v) is 3.08. The molecule has 0 bridgehead atoms. The van der Waals surface area contributed by atoms with Gasteiger partial charge in [0.15, 0.2) is 0 Å². The summed E-state index contributed by atoms with van der Waals surface area (Å²) in [5.74, 6) is 1.05. The van der Waals surface area contributed by atoms with Gasteiger partial charge in [0.2, 0.25) is 5.91 Å². The van der Waals surface area contributed by atoms with Gasteiger partial charge in [0.1, 0.15) is 11.5 Å². The smallest absolute Gasteiger partial charge is 0.241 e. The topological polar surface area (TPSA) is 84.6 Å². The highest BCUT2D eigenvalue weighted by Gasteiger charge is 2.15. The first-order valence-electron chi connectivity index (χ1n) is 5.51. The molecule has 0 radical (unpaired) electrons. The predicted octanol–water partition coefficient (Wildman–Crippen LogP) is 1.42. The lowest BCUT2D eigenvalue weighted by Crippen LogP contribution is -2.36. The zero-order valence-electron chi connectivity index (χ0n) is 10.5. The average Bonchev–Trinajstić information content (AvgIpc) is 2.38. The molecule has 0 aliphatic heterocycles. The molecular weight excluding hydrogens is 252 g/mol. The van der Waals surface area contributed by atoms with Gasteiger partial charge in [0, 0.05) is 6.07 Å². The molecule has 18 heavy (non-hydrogen) atoms. The Hall–Kier alpha value is -1.40. The molecule has 0 unspecified atom stereocenters. The van der Waals surface area contributed by atoms with Crippen LogP contribution in [0.5, 0.6) is 11.5 Å². The number of phenolic OH excluding ortho intramolecular Hbond substituents is 1. The predicted molar refractivity (Wildman–Crippen MR) is 74.3 cm³/mol. The van der Waals surface area contributed by atoms with Crippen LogP contribution in [0.2, 0.25) is 0 Å². The zero-order chi connectivity index (χ0) is 13.5. The van der Waals surface area contributed by atoms with E-state index in [2.05, 4.69) is 5.32 Å². The van der Waals surface area contributed by atoms with Crippen molar-refractivity contribution in [3.63, 3.8) is 0 Å². The van der Waals surface area contributed by atoms with Gasteiger partial charge in [-0.25, -0.2) is 0 Å². The van der Waals surface area contributed by atoms with Crippen molar-refractivity contribution in [2.75, 3.05) is 24.4 Å². The number of aromatic hydroxyl groups is 1. The maximum atomic E-state index is 11.8. The van der Waals surface area contributed by atoms with E-state index in [9.17, 15) is 9.90 Å². The standard InChI is InChI=1S/C12H18N2O3S/c1-17-8-3-4-11(15)10(7-8)14-12(16)9(13)5-6-18-2/h3-4,7,9,15H,5-6,13H2,1-2H3,(H,14,16)/t9-/m1/s1. The number of methoxy groups -OCH3 is 1. The van der Waals surface area contributed by atoms with Crippen molar-refractivity contribution in [1.29, 1.82) is 0 Å². The van der Waals surface area contributed by atoms with Crippen LogP contribution in [0.1, 0.15) is 6.42 Å². The summed E-state index contributed by atoms with van der Waals surface area (Å²) in [5.41, 5.74) is 6.04. The van der Waals surface area contributed by atoms with Gasteiger partial charge >= 0.3 is 0 Å². The molecule has 0 fully saturated rings. The van der Waals surface area contributed by atoms with E-state index in [0.717, 1.165) is 5.75 Å². The summed E-state index contributed by atoms with van der Waals surface area (Å²) in [6.07, 6.45) is 2.55. The van der Waals surface area contributed by atoms with E-state index in [4.69, 9.17) is 10.5 Å². The lowest BCUT2D eigenvalue weighted by atomic mass is 10.2. The molecule has 0 aliphatic rings. The average molecular weight is 270 g/mol. The third-order valence-electron chi connectivity index (χ3n) is 2.43. The molecule has 1 aromatic carbocycles. The first-order valence-corrected chi connectivity index (χ1v) is 6.90.